The lowest BCUT2D eigenvalue weighted by atomic mass is 10.2. The van der Waals surface area contributed by atoms with Gasteiger partial charge >= 0.3 is 0 Å². The van der Waals surface area contributed by atoms with Gasteiger partial charge in [0.25, 0.3) is 5.89 Å². The predicted octanol–water partition coefficient (Wildman–Crippen LogP) is 3.45. The van der Waals surface area contributed by atoms with Crippen LogP contribution in [0.2, 0.25) is 0 Å². The molecule has 25 heavy (non-hydrogen) atoms. The van der Waals surface area contributed by atoms with E-state index < -0.39 is 0 Å². The zero-order valence-corrected chi connectivity index (χ0v) is 13.6. The molecule has 1 saturated heterocycles. The topological polar surface area (TPSA) is 51.4 Å². The fourth-order valence-electron chi connectivity index (χ4n) is 2.96. The molecule has 2 heterocycles. The lowest BCUT2D eigenvalue weighted by Gasteiger charge is -2.31. The Morgan fingerprint density at radius 1 is 1.12 bits per heavy atom. The molecule has 2 aromatic carbocycles. The molecule has 0 bridgehead atoms. The van der Waals surface area contributed by atoms with Gasteiger partial charge in [-0.1, -0.05) is 47.6 Å². The summed E-state index contributed by atoms with van der Waals surface area (Å²) in [4.78, 5) is 6.67. The van der Waals surface area contributed by atoms with Crippen LogP contribution in [0.15, 0.2) is 59.1 Å². The van der Waals surface area contributed by atoms with Crippen LogP contribution >= 0.6 is 0 Å². The van der Waals surface area contributed by atoms with Crippen LogP contribution in [0.4, 0.5) is 4.39 Å². The summed E-state index contributed by atoms with van der Waals surface area (Å²) in [7, 11) is 0. The molecule has 1 fully saturated rings. The van der Waals surface area contributed by atoms with E-state index in [1.807, 2.05) is 36.4 Å². The molecule has 3 aromatic rings. The van der Waals surface area contributed by atoms with E-state index in [4.69, 9.17) is 9.26 Å². The van der Waals surface area contributed by atoms with Gasteiger partial charge in [0.2, 0.25) is 5.82 Å². The number of nitrogens with zero attached hydrogens (tertiary/aromatic N) is 3. The molecular weight excluding hydrogens is 321 g/mol. The van der Waals surface area contributed by atoms with Gasteiger partial charge in [-0.25, -0.2) is 4.39 Å². The van der Waals surface area contributed by atoms with Crippen LogP contribution in [-0.2, 0) is 11.3 Å². The van der Waals surface area contributed by atoms with Crippen molar-refractivity contribution in [2.45, 2.75) is 12.6 Å². The smallest absolute Gasteiger partial charge is 0.257 e. The molecular formula is C19H18FN3O2. The first kappa shape index (κ1) is 15.9. The maximum atomic E-state index is 13.4. The van der Waals surface area contributed by atoms with Crippen molar-refractivity contribution in [3.8, 4) is 11.4 Å². The molecule has 4 rings (SSSR count). The van der Waals surface area contributed by atoms with Gasteiger partial charge in [0.15, 0.2) is 0 Å². The van der Waals surface area contributed by atoms with E-state index in [1.54, 1.807) is 12.1 Å². The maximum absolute atomic E-state index is 13.4. The maximum Gasteiger partial charge on any atom is 0.257 e. The van der Waals surface area contributed by atoms with Crippen molar-refractivity contribution in [1.82, 2.24) is 15.0 Å². The van der Waals surface area contributed by atoms with E-state index in [0.29, 0.717) is 31.4 Å². The third-order valence-corrected chi connectivity index (χ3v) is 4.19. The fourth-order valence-corrected chi connectivity index (χ4v) is 2.96. The molecule has 0 amide bonds. The van der Waals surface area contributed by atoms with Crippen LogP contribution in [0.5, 0.6) is 0 Å². The van der Waals surface area contributed by atoms with Crippen molar-refractivity contribution < 1.29 is 13.7 Å². The first-order chi connectivity index (χ1) is 12.3. The summed E-state index contributed by atoms with van der Waals surface area (Å²) >= 11 is 0. The number of halogens is 1. The summed E-state index contributed by atoms with van der Waals surface area (Å²) in [6, 6.07) is 16.4. The first-order valence-electron chi connectivity index (χ1n) is 8.25. The average Bonchev–Trinajstić information content (AvgIpc) is 3.13. The Morgan fingerprint density at radius 2 is 2.00 bits per heavy atom. The number of hydrogen-bond acceptors (Lipinski definition) is 5. The molecule has 1 aromatic heterocycles. The van der Waals surface area contributed by atoms with Crippen LogP contribution in [0.1, 0.15) is 17.6 Å². The van der Waals surface area contributed by atoms with Gasteiger partial charge in [0.1, 0.15) is 11.9 Å². The van der Waals surface area contributed by atoms with Gasteiger partial charge in [-0.15, -0.1) is 0 Å². The quantitative estimate of drug-likeness (QED) is 0.729. The second-order valence-electron chi connectivity index (χ2n) is 6.05. The Morgan fingerprint density at radius 3 is 2.84 bits per heavy atom. The summed E-state index contributed by atoms with van der Waals surface area (Å²) < 4.78 is 24.5. The molecule has 0 unspecified atom stereocenters. The van der Waals surface area contributed by atoms with Crippen LogP contribution in [0.3, 0.4) is 0 Å². The predicted molar refractivity (Wildman–Crippen MR) is 90.1 cm³/mol. The SMILES string of the molecule is Fc1cccc(CN2CCO[C@@H](c3nc(-c4ccccc4)no3)C2)c1. The number of aromatic nitrogens is 2. The van der Waals surface area contributed by atoms with E-state index in [-0.39, 0.29) is 11.9 Å². The van der Waals surface area contributed by atoms with Crippen molar-refractivity contribution in [3.05, 3.63) is 71.9 Å². The lowest BCUT2D eigenvalue weighted by molar-refractivity contribution is -0.0475. The van der Waals surface area contributed by atoms with Gasteiger partial charge in [-0.3, -0.25) is 4.90 Å². The van der Waals surface area contributed by atoms with Crippen molar-refractivity contribution in [2.24, 2.45) is 0 Å². The molecule has 5 nitrogen and oxygen atoms in total. The van der Waals surface area contributed by atoms with Crippen LogP contribution in [-0.4, -0.2) is 34.7 Å². The molecule has 0 saturated carbocycles. The Labute approximate surface area is 145 Å². The number of hydrogen-bond donors (Lipinski definition) is 0. The molecule has 0 N–H and O–H groups in total. The van der Waals surface area contributed by atoms with E-state index in [9.17, 15) is 4.39 Å². The summed E-state index contributed by atoms with van der Waals surface area (Å²) in [6.45, 7) is 2.65. The highest BCUT2D eigenvalue weighted by Crippen LogP contribution is 2.24. The molecule has 0 radical (unpaired) electrons. The second-order valence-corrected chi connectivity index (χ2v) is 6.05. The minimum Gasteiger partial charge on any atom is -0.366 e. The van der Waals surface area contributed by atoms with E-state index in [1.165, 1.54) is 6.07 Å². The summed E-state index contributed by atoms with van der Waals surface area (Å²) in [5.74, 6) is 0.816. The Bertz CT molecular complexity index is 837. The van der Waals surface area contributed by atoms with Crippen molar-refractivity contribution in [2.75, 3.05) is 19.7 Å². The van der Waals surface area contributed by atoms with E-state index >= 15 is 0 Å². The monoisotopic (exact) mass is 339 g/mol. The minimum atomic E-state index is -0.271. The summed E-state index contributed by atoms with van der Waals surface area (Å²) in [5, 5.41) is 4.05. The molecule has 0 spiro atoms. The van der Waals surface area contributed by atoms with Gasteiger partial charge in [-0.2, -0.15) is 4.98 Å². The van der Waals surface area contributed by atoms with E-state index in [0.717, 1.165) is 17.7 Å². The number of ether oxygens (including phenoxy) is 1. The number of rotatable bonds is 4. The molecule has 0 aliphatic carbocycles. The second kappa shape index (κ2) is 7.13. The highest BCUT2D eigenvalue weighted by molar-refractivity contribution is 5.53. The normalized spacial score (nSPS) is 18.4. The van der Waals surface area contributed by atoms with Crippen molar-refractivity contribution >= 4 is 0 Å². The Balaban J connectivity index is 1.45. The fraction of sp³-hybridized carbons (Fsp3) is 0.263. The molecule has 1 aliphatic heterocycles. The van der Waals surface area contributed by atoms with Gasteiger partial charge < -0.3 is 9.26 Å². The van der Waals surface area contributed by atoms with Crippen LogP contribution in [0.25, 0.3) is 11.4 Å². The summed E-state index contributed by atoms with van der Waals surface area (Å²) in [5.41, 5.74) is 1.85. The molecule has 128 valence electrons. The third-order valence-electron chi connectivity index (χ3n) is 4.19. The Kier molecular flexibility index (Phi) is 4.54. The highest BCUT2D eigenvalue weighted by Gasteiger charge is 2.27. The average molecular weight is 339 g/mol. The van der Waals surface area contributed by atoms with E-state index in [2.05, 4.69) is 15.0 Å². The zero-order chi connectivity index (χ0) is 17.1. The van der Waals surface area contributed by atoms with Crippen LogP contribution < -0.4 is 0 Å². The standard InChI is InChI=1S/C19H18FN3O2/c20-16-8-4-5-14(11-16)12-23-9-10-24-17(13-23)19-21-18(22-25-19)15-6-2-1-3-7-15/h1-8,11,17H,9-10,12-13H2/t17-/m1/s1. The number of benzene rings is 2. The highest BCUT2D eigenvalue weighted by atomic mass is 19.1. The van der Waals surface area contributed by atoms with Gasteiger partial charge in [0, 0.05) is 25.2 Å². The summed E-state index contributed by atoms with van der Waals surface area (Å²) in [6.07, 6.45) is -0.271. The zero-order valence-electron chi connectivity index (χ0n) is 13.6. The van der Waals surface area contributed by atoms with Gasteiger partial charge in [-0.05, 0) is 17.7 Å². The third kappa shape index (κ3) is 3.75. The lowest BCUT2D eigenvalue weighted by Crippen LogP contribution is -2.37. The molecule has 6 heteroatoms. The Hall–Kier alpha value is -2.57. The van der Waals surface area contributed by atoms with Crippen molar-refractivity contribution in [1.29, 1.82) is 0 Å². The van der Waals surface area contributed by atoms with Crippen molar-refractivity contribution in [3.63, 3.8) is 0 Å². The molecule has 1 aliphatic rings. The molecule has 1 atom stereocenters. The largest absolute Gasteiger partial charge is 0.366 e. The van der Waals surface area contributed by atoms with Crippen LogP contribution in [0, 0.1) is 5.82 Å². The van der Waals surface area contributed by atoms with Gasteiger partial charge in [0.05, 0.1) is 6.61 Å². The first-order valence-corrected chi connectivity index (χ1v) is 8.25. The minimum absolute atomic E-state index is 0.216. The number of morpholine rings is 1.